The van der Waals surface area contributed by atoms with Crippen molar-refractivity contribution in [2.75, 3.05) is 11.5 Å². The third kappa shape index (κ3) is 3.84. The molecule has 1 aromatic carbocycles. The summed E-state index contributed by atoms with van der Waals surface area (Å²) in [4.78, 5) is 17.9. The van der Waals surface area contributed by atoms with Crippen LogP contribution in [0.3, 0.4) is 0 Å². The number of aromatic nitrogens is 3. The standard InChI is InChI=1S/C22H26N4O3S/c1-13(2)23-22(27)18-11-19(16-7-5-14(3)6-8-16)24-21-20(18)15(4)25-26(21)17-9-10-30(28,29)12-17/h5-8,11,13,17H,9-10,12H2,1-4H3,(H,23,27)/t17-/m0/s1. The average Bonchev–Trinajstić information content (AvgIpc) is 3.20. The predicted octanol–water partition coefficient (Wildman–Crippen LogP) is 3.21. The first kappa shape index (κ1) is 20.5. The lowest BCUT2D eigenvalue weighted by molar-refractivity contribution is 0.0944. The summed E-state index contributed by atoms with van der Waals surface area (Å²) in [6.07, 6.45) is 0.502. The van der Waals surface area contributed by atoms with Gasteiger partial charge in [0.1, 0.15) is 0 Å². The van der Waals surface area contributed by atoms with Crippen LogP contribution in [0.2, 0.25) is 0 Å². The Labute approximate surface area is 176 Å². The van der Waals surface area contributed by atoms with Gasteiger partial charge in [-0.3, -0.25) is 4.79 Å². The van der Waals surface area contributed by atoms with E-state index in [-0.39, 0.29) is 29.5 Å². The van der Waals surface area contributed by atoms with Crippen LogP contribution in [0.5, 0.6) is 0 Å². The minimum absolute atomic E-state index is 0.0149. The van der Waals surface area contributed by atoms with E-state index in [1.807, 2.05) is 52.0 Å². The van der Waals surface area contributed by atoms with Crippen molar-refractivity contribution in [1.82, 2.24) is 20.1 Å². The molecule has 4 rings (SSSR count). The number of carbonyl (C=O) groups excluding carboxylic acids is 1. The summed E-state index contributed by atoms with van der Waals surface area (Å²) in [5, 5.41) is 8.25. The van der Waals surface area contributed by atoms with Crippen LogP contribution < -0.4 is 5.32 Å². The van der Waals surface area contributed by atoms with E-state index in [0.717, 1.165) is 11.1 Å². The molecule has 0 radical (unpaired) electrons. The number of fused-ring (bicyclic) bond motifs is 1. The smallest absolute Gasteiger partial charge is 0.252 e. The molecule has 1 aliphatic rings. The van der Waals surface area contributed by atoms with Gasteiger partial charge in [-0.25, -0.2) is 18.1 Å². The molecular formula is C22H26N4O3S. The van der Waals surface area contributed by atoms with Gasteiger partial charge in [-0.15, -0.1) is 0 Å². The molecule has 7 nitrogen and oxygen atoms in total. The number of rotatable bonds is 4. The molecule has 0 bridgehead atoms. The van der Waals surface area contributed by atoms with Crippen LogP contribution in [0, 0.1) is 13.8 Å². The summed E-state index contributed by atoms with van der Waals surface area (Å²) in [6.45, 7) is 7.68. The lowest BCUT2D eigenvalue weighted by Crippen LogP contribution is -2.30. The Morgan fingerprint density at radius 3 is 2.50 bits per heavy atom. The topological polar surface area (TPSA) is 94.0 Å². The van der Waals surface area contributed by atoms with Crippen LogP contribution in [0.1, 0.15) is 47.9 Å². The van der Waals surface area contributed by atoms with Gasteiger partial charge in [0.05, 0.1) is 39.9 Å². The Morgan fingerprint density at radius 1 is 1.20 bits per heavy atom. The highest BCUT2D eigenvalue weighted by Crippen LogP contribution is 2.32. The number of aryl methyl sites for hydroxylation is 2. The number of carbonyl (C=O) groups is 1. The van der Waals surface area contributed by atoms with Crippen LogP contribution >= 0.6 is 0 Å². The van der Waals surface area contributed by atoms with Crippen molar-refractivity contribution in [1.29, 1.82) is 0 Å². The normalized spacial score (nSPS) is 18.2. The second-order valence-electron chi connectivity index (χ2n) is 8.33. The quantitative estimate of drug-likeness (QED) is 0.691. The number of pyridine rings is 1. The first-order valence-corrected chi connectivity index (χ1v) is 11.9. The third-order valence-electron chi connectivity index (χ3n) is 5.40. The highest BCUT2D eigenvalue weighted by molar-refractivity contribution is 7.91. The molecule has 158 valence electrons. The second-order valence-corrected chi connectivity index (χ2v) is 10.6. The minimum Gasteiger partial charge on any atom is -0.350 e. The fourth-order valence-electron chi connectivity index (χ4n) is 3.93. The van der Waals surface area contributed by atoms with E-state index in [4.69, 9.17) is 4.98 Å². The van der Waals surface area contributed by atoms with Gasteiger partial charge in [-0.1, -0.05) is 29.8 Å². The second kappa shape index (κ2) is 7.50. The maximum atomic E-state index is 13.0. The van der Waals surface area contributed by atoms with E-state index in [1.54, 1.807) is 10.7 Å². The summed E-state index contributed by atoms with van der Waals surface area (Å²) in [6, 6.07) is 9.46. The molecule has 2 aromatic heterocycles. The van der Waals surface area contributed by atoms with Crippen LogP contribution in [-0.4, -0.2) is 46.6 Å². The van der Waals surface area contributed by atoms with Crippen LogP contribution in [-0.2, 0) is 9.84 Å². The Hall–Kier alpha value is -2.74. The van der Waals surface area contributed by atoms with E-state index >= 15 is 0 Å². The van der Waals surface area contributed by atoms with Gasteiger partial charge < -0.3 is 5.32 Å². The van der Waals surface area contributed by atoms with Crippen molar-refractivity contribution in [3.63, 3.8) is 0 Å². The molecule has 3 aromatic rings. The highest BCUT2D eigenvalue weighted by atomic mass is 32.2. The Morgan fingerprint density at radius 2 is 1.90 bits per heavy atom. The van der Waals surface area contributed by atoms with Crippen molar-refractivity contribution < 1.29 is 13.2 Å². The molecule has 3 heterocycles. The summed E-state index contributed by atoms with van der Waals surface area (Å²) in [7, 11) is -3.08. The summed E-state index contributed by atoms with van der Waals surface area (Å²) in [5.74, 6) is 0.0105. The molecule has 1 saturated heterocycles. The molecule has 1 amide bonds. The fourth-order valence-corrected chi connectivity index (χ4v) is 5.62. The van der Waals surface area contributed by atoms with E-state index in [0.29, 0.717) is 34.4 Å². The van der Waals surface area contributed by atoms with Crippen molar-refractivity contribution >= 4 is 26.8 Å². The van der Waals surface area contributed by atoms with Crippen molar-refractivity contribution in [2.24, 2.45) is 0 Å². The molecule has 1 N–H and O–H groups in total. The SMILES string of the molecule is Cc1ccc(-c2cc(C(=O)NC(C)C)c3c(C)nn([C@H]4CCS(=O)(=O)C4)c3n2)cc1. The number of nitrogens with zero attached hydrogens (tertiary/aromatic N) is 3. The van der Waals surface area contributed by atoms with Crippen LogP contribution in [0.15, 0.2) is 30.3 Å². The molecule has 0 spiro atoms. The fraction of sp³-hybridized carbons (Fsp3) is 0.409. The predicted molar refractivity (Wildman–Crippen MR) is 117 cm³/mol. The summed E-state index contributed by atoms with van der Waals surface area (Å²) in [5.41, 5.74) is 4.43. The van der Waals surface area contributed by atoms with Gasteiger partial charge in [0.15, 0.2) is 15.5 Å². The first-order valence-electron chi connectivity index (χ1n) is 10.1. The monoisotopic (exact) mass is 426 g/mol. The number of amides is 1. The van der Waals surface area contributed by atoms with Crippen molar-refractivity contribution in [3.8, 4) is 11.3 Å². The van der Waals surface area contributed by atoms with Crippen molar-refractivity contribution in [2.45, 2.75) is 46.2 Å². The molecule has 0 saturated carbocycles. The summed E-state index contributed by atoms with van der Waals surface area (Å²) < 4.78 is 25.8. The van der Waals surface area contributed by atoms with Crippen molar-refractivity contribution in [3.05, 3.63) is 47.2 Å². The molecule has 8 heteroatoms. The zero-order valence-corrected chi connectivity index (χ0v) is 18.5. The van der Waals surface area contributed by atoms with Gasteiger partial charge in [0.2, 0.25) is 0 Å². The number of hydrogen-bond donors (Lipinski definition) is 1. The Kier molecular flexibility index (Phi) is 5.13. The zero-order valence-electron chi connectivity index (χ0n) is 17.6. The average molecular weight is 427 g/mol. The van der Waals surface area contributed by atoms with Gasteiger partial charge in [0, 0.05) is 11.6 Å². The molecule has 0 aliphatic carbocycles. The molecule has 1 fully saturated rings. The molecular weight excluding hydrogens is 400 g/mol. The summed E-state index contributed by atoms with van der Waals surface area (Å²) >= 11 is 0. The van der Waals surface area contributed by atoms with E-state index in [9.17, 15) is 13.2 Å². The molecule has 30 heavy (non-hydrogen) atoms. The lowest BCUT2D eigenvalue weighted by atomic mass is 10.0. The van der Waals surface area contributed by atoms with E-state index < -0.39 is 9.84 Å². The number of sulfone groups is 1. The molecule has 1 atom stereocenters. The largest absolute Gasteiger partial charge is 0.350 e. The van der Waals surface area contributed by atoms with Gasteiger partial charge in [-0.05, 0) is 40.2 Å². The minimum atomic E-state index is -3.08. The van der Waals surface area contributed by atoms with E-state index in [2.05, 4.69) is 10.4 Å². The maximum absolute atomic E-state index is 13.0. The van der Waals surface area contributed by atoms with Gasteiger partial charge in [-0.2, -0.15) is 5.10 Å². The Balaban J connectivity index is 1.94. The number of benzene rings is 1. The number of hydrogen-bond acceptors (Lipinski definition) is 5. The van der Waals surface area contributed by atoms with Gasteiger partial charge >= 0.3 is 0 Å². The zero-order chi connectivity index (χ0) is 21.6. The maximum Gasteiger partial charge on any atom is 0.252 e. The Bertz CT molecular complexity index is 1230. The number of nitrogens with one attached hydrogen (secondary N) is 1. The van der Waals surface area contributed by atoms with Crippen LogP contribution in [0.4, 0.5) is 0 Å². The highest BCUT2D eigenvalue weighted by Gasteiger charge is 2.32. The van der Waals surface area contributed by atoms with Gasteiger partial charge in [0.25, 0.3) is 5.91 Å². The first-order chi connectivity index (χ1) is 14.1. The lowest BCUT2D eigenvalue weighted by Gasteiger charge is -2.13. The molecule has 1 aliphatic heterocycles. The van der Waals surface area contributed by atoms with E-state index in [1.165, 1.54) is 0 Å². The van der Waals surface area contributed by atoms with Crippen LogP contribution in [0.25, 0.3) is 22.3 Å². The molecule has 0 unspecified atom stereocenters. The third-order valence-corrected chi connectivity index (χ3v) is 7.15.